The summed E-state index contributed by atoms with van der Waals surface area (Å²) in [6, 6.07) is -0.438. The van der Waals surface area contributed by atoms with E-state index in [1.165, 1.54) is 16.2 Å². The summed E-state index contributed by atoms with van der Waals surface area (Å²) in [4.78, 5) is 25.3. The average molecular weight is 307 g/mol. The molecule has 0 atom stereocenters. The van der Waals surface area contributed by atoms with Crippen LogP contribution in [0.2, 0.25) is 0 Å². The second-order valence-corrected chi connectivity index (χ2v) is 6.96. The van der Waals surface area contributed by atoms with E-state index in [1.807, 2.05) is 0 Å². The van der Waals surface area contributed by atoms with Gasteiger partial charge in [-0.25, -0.2) is 9.69 Å². The lowest BCUT2D eigenvalue weighted by atomic mass is 10.6. The first-order valence-electron chi connectivity index (χ1n) is 5.27. The van der Waals surface area contributed by atoms with E-state index in [-0.39, 0.29) is 6.54 Å². The van der Waals surface area contributed by atoms with Crippen LogP contribution in [0.1, 0.15) is 13.8 Å². The molecular weight excluding hydrogens is 296 g/mol. The molecule has 9 heteroatoms. The number of hydrogen-bond acceptors (Lipinski definition) is 6. The van der Waals surface area contributed by atoms with E-state index in [1.54, 1.807) is 11.8 Å². The van der Waals surface area contributed by atoms with E-state index >= 15 is 0 Å². The molecule has 0 aliphatic carbocycles. The molecule has 0 saturated carbocycles. The van der Waals surface area contributed by atoms with Gasteiger partial charge in [-0.15, -0.1) is 10.2 Å². The van der Waals surface area contributed by atoms with E-state index in [9.17, 15) is 9.59 Å². The van der Waals surface area contributed by atoms with Crippen LogP contribution in [0.15, 0.2) is 4.34 Å². The summed E-state index contributed by atoms with van der Waals surface area (Å²) in [7, 11) is 0. The zero-order valence-electron chi connectivity index (χ0n) is 9.79. The van der Waals surface area contributed by atoms with E-state index in [0.29, 0.717) is 16.9 Å². The molecule has 1 fully saturated rings. The largest absolute Gasteiger partial charge is 0.334 e. The molecule has 2 heterocycles. The monoisotopic (exact) mass is 306 g/mol. The number of urea groups is 1. The zero-order valence-corrected chi connectivity index (χ0v) is 12.2. The SMILES string of the molecule is CC(C)Sc1nnc(N2CCN(C(=O)Cl)C2=O)s1. The van der Waals surface area contributed by atoms with Gasteiger partial charge in [-0.2, -0.15) is 0 Å². The first-order chi connectivity index (χ1) is 8.49. The van der Waals surface area contributed by atoms with Crippen LogP contribution in [0.4, 0.5) is 14.7 Å². The number of carbonyl (C=O) groups excluding carboxylic acids is 2. The van der Waals surface area contributed by atoms with Crippen LogP contribution in [0.25, 0.3) is 0 Å². The Morgan fingerprint density at radius 1 is 1.44 bits per heavy atom. The fourth-order valence-electron chi connectivity index (χ4n) is 1.44. The van der Waals surface area contributed by atoms with Gasteiger partial charge in [0.05, 0.1) is 0 Å². The molecule has 0 spiro atoms. The van der Waals surface area contributed by atoms with Crippen molar-refractivity contribution in [3.63, 3.8) is 0 Å². The summed E-state index contributed by atoms with van der Waals surface area (Å²) in [5.74, 6) is 0. The van der Waals surface area contributed by atoms with Crippen molar-refractivity contribution in [2.24, 2.45) is 0 Å². The lowest BCUT2D eigenvalue weighted by molar-refractivity contribution is 0.214. The molecule has 2 rings (SSSR count). The maximum absolute atomic E-state index is 11.9. The highest BCUT2D eigenvalue weighted by atomic mass is 35.5. The summed E-state index contributed by atoms with van der Waals surface area (Å²) in [6.07, 6.45) is 0. The number of amides is 3. The predicted octanol–water partition coefficient (Wildman–Crippen LogP) is 2.64. The van der Waals surface area contributed by atoms with Gasteiger partial charge in [-0.1, -0.05) is 36.9 Å². The molecule has 18 heavy (non-hydrogen) atoms. The molecule has 1 aromatic heterocycles. The van der Waals surface area contributed by atoms with Gasteiger partial charge in [-0.05, 0) is 11.6 Å². The Labute approximate surface area is 117 Å². The number of halogens is 1. The molecular formula is C9H11ClN4O2S2. The summed E-state index contributed by atoms with van der Waals surface area (Å²) in [5, 5.41) is 8.12. The van der Waals surface area contributed by atoms with Crippen LogP contribution in [0.5, 0.6) is 0 Å². The molecule has 3 amide bonds. The van der Waals surface area contributed by atoms with E-state index < -0.39 is 11.4 Å². The van der Waals surface area contributed by atoms with Gasteiger partial charge in [0, 0.05) is 18.3 Å². The third-order valence-electron chi connectivity index (χ3n) is 2.18. The number of thioether (sulfide) groups is 1. The molecule has 1 aliphatic heterocycles. The van der Waals surface area contributed by atoms with Gasteiger partial charge in [0.25, 0.3) is 0 Å². The minimum atomic E-state index is -0.760. The average Bonchev–Trinajstić information content (AvgIpc) is 2.83. The lowest BCUT2D eigenvalue weighted by Gasteiger charge is -2.11. The van der Waals surface area contributed by atoms with Crippen LogP contribution in [-0.2, 0) is 0 Å². The standard InChI is InChI=1S/C9H11ClN4O2S2/c1-5(2)17-8-12-11-7(18-8)14-4-3-13(6(10)15)9(14)16/h5H,3-4H2,1-2H3. The number of imide groups is 1. The number of hydrogen-bond donors (Lipinski definition) is 0. The van der Waals surface area contributed by atoms with Crippen molar-refractivity contribution in [3.8, 4) is 0 Å². The quantitative estimate of drug-likeness (QED) is 0.372. The number of aromatic nitrogens is 2. The Morgan fingerprint density at radius 3 is 2.72 bits per heavy atom. The number of anilines is 1. The van der Waals surface area contributed by atoms with Crippen molar-refractivity contribution in [3.05, 3.63) is 0 Å². The van der Waals surface area contributed by atoms with Crippen molar-refractivity contribution in [1.82, 2.24) is 15.1 Å². The summed E-state index contributed by atoms with van der Waals surface area (Å²) in [6.45, 7) is 4.80. The predicted molar refractivity (Wildman–Crippen MR) is 71.6 cm³/mol. The Bertz CT molecular complexity index is 479. The lowest BCUT2D eigenvalue weighted by Crippen LogP contribution is -2.33. The zero-order chi connectivity index (χ0) is 13.3. The van der Waals surface area contributed by atoms with Crippen LogP contribution in [0, 0.1) is 0 Å². The Hall–Kier alpha value is -0.860. The van der Waals surface area contributed by atoms with Gasteiger partial charge in [0.15, 0.2) is 4.34 Å². The maximum Gasteiger partial charge on any atom is 0.334 e. The second kappa shape index (κ2) is 5.41. The molecule has 6 nitrogen and oxygen atoms in total. The van der Waals surface area contributed by atoms with Gasteiger partial charge >= 0.3 is 11.4 Å². The minimum Gasteiger partial charge on any atom is -0.266 e. The van der Waals surface area contributed by atoms with Crippen molar-refractivity contribution in [2.45, 2.75) is 23.4 Å². The van der Waals surface area contributed by atoms with E-state index in [0.717, 1.165) is 9.24 Å². The fourth-order valence-corrected chi connectivity index (χ4v) is 3.68. The fraction of sp³-hybridized carbons (Fsp3) is 0.556. The van der Waals surface area contributed by atoms with Crippen LogP contribution >= 0.6 is 34.7 Å². The molecule has 0 unspecified atom stereocenters. The van der Waals surface area contributed by atoms with Crippen LogP contribution < -0.4 is 4.90 Å². The number of carbonyl (C=O) groups is 2. The first-order valence-corrected chi connectivity index (χ1v) is 7.35. The van der Waals surface area contributed by atoms with E-state index in [2.05, 4.69) is 24.0 Å². The van der Waals surface area contributed by atoms with Crippen molar-refractivity contribution < 1.29 is 9.59 Å². The highest BCUT2D eigenvalue weighted by Crippen LogP contribution is 2.32. The Morgan fingerprint density at radius 2 is 2.17 bits per heavy atom. The Kier molecular flexibility index (Phi) is 4.08. The maximum atomic E-state index is 11.9. The third kappa shape index (κ3) is 2.76. The smallest absolute Gasteiger partial charge is 0.266 e. The topological polar surface area (TPSA) is 66.4 Å². The van der Waals surface area contributed by atoms with Crippen LogP contribution in [0.3, 0.4) is 0 Å². The molecule has 0 radical (unpaired) electrons. The highest BCUT2D eigenvalue weighted by Gasteiger charge is 2.35. The van der Waals surface area contributed by atoms with E-state index in [4.69, 9.17) is 11.6 Å². The molecule has 1 aliphatic rings. The second-order valence-electron chi connectivity index (χ2n) is 3.86. The molecule has 0 bridgehead atoms. The molecule has 1 aromatic rings. The summed E-state index contributed by atoms with van der Waals surface area (Å²) < 4.78 is 0.809. The van der Waals surface area contributed by atoms with Crippen molar-refractivity contribution in [1.29, 1.82) is 0 Å². The highest BCUT2D eigenvalue weighted by molar-refractivity contribution is 8.01. The normalized spacial score (nSPS) is 15.9. The first kappa shape index (κ1) is 13.6. The van der Waals surface area contributed by atoms with Crippen molar-refractivity contribution in [2.75, 3.05) is 18.0 Å². The summed E-state index contributed by atoms with van der Waals surface area (Å²) in [5.41, 5.74) is 0. The summed E-state index contributed by atoms with van der Waals surface area (Å²) >= 11 is 8.24. The van der Waals surface area contributed by atoms with Gasteiger partial charge in [0.2, 0.25) is 5.13 Å². The molecule has 0 aromatic carbocycles. The minimum absolute atomic E-state index is 0.285. The number of rotatable bonds is 3. The molecule has 1 saturated heterocycles. The van der Waals surface area contributed by atoms with Crippen molar-refractivity contribution >= 4 is 51.2 Å². The van der Waals surface area contributed by atoms with Gasteiger partial charge in [0.1, 0.15) is 0 Å². The number of nitrogens with zero attached hydrogens (tertiary/aromatic N) is 4. The molecule has 98 valence electrons. The third-order valence-corrected chi connectivity index (χ3v) is 4.42. The van der Waals surface area contributed by atoms with Gasteiger partial charge in [-0.3, -0.25) is 9.69 Å². The molecule has 0 N–H and O–H groups in total. The van der Waals surface area contributed by atoms with Gasteiger partial charge < -0.3 is 0 Å². The van der Waals surface area contributed by atoms with Crippen LogP contribution in [-0.4, -0.2) is 44.8 Å². The Balaban J connectivity index is 2.11.